The minimum atomic E-state index is 0.408. The quantitative estimate of drug-likeness (QED) is 0.684. The summed E-state index contributed by atoms with van der Waals surface area (Å²) in [5.41, 5.74) is 0.408. The van der Waals surface area contributed by atoms with Gasteiger partial charge in [0.05, 0.1) is 0 Å². The molecule has 2 unspecified atom stereocenters. The van der Waals surface area contributed by atoms with E-state index < -0.39 is 0 Å². The first-order valence-electron chi connectivity index (χ1n) is 5.98. The van der Waals surface area contributed by atoms with Crippen molar-refractivity contribution >= 4 is 0 Å². The lowest BCUT2D eigenvalue weighted by Crippen LogP contribution is -2.31. The van der Waals surface area contributed by atoms with Crippen molar-refractivity contribution in [1.29, 1.82) is 0 Å². The summed E-state index contributed by atoms with van der Waals surface area (Å²) in [7, 11) is 2.05. The molecule has 0 aromatic carbocycles. The molecule has 0 aromatic rings. The molecule has 0 amide bonds. The highest BCUT2D eigenvalue weighted by Crippen LogP contribution is 2.29. The zero-order valence-corrected chi connectivity index (χ0v) is 11.3. The Morgan fingerprint density at radius 2 is 1.87 bits per heavy atom. The first kappa shape index (κ1) is 14.5. The maximum Gasteiger partial charge on any atom is 0.0103 e. The van der Waals surface area contributed by atoms with Gasteiger partial charge in [-0.25, -0.2) is 0 Å². The summed E-state index contributed by atoms with van der Waals surface area (Å²) in [4.78, 5) is 0. The van der Waals surface area contributed by atoms with Gasteiger partial charge in [-0.2, -0.15) is 0 Å². The summed E-state index contributed by atoms with van der Waals surface area (Å²) in [6.45, 7) is 11.2. The van der Waals surface area contributed by atoms with Crippen molar-refractivity contribution in [3.63, 3.8) is 0 Å². The van der Waals surface area contributed by atoms with Gasteiger partial charge in [-0.05, 0) is 38.1 Å². The smallest absolute Gasteiger partial charge is 0.0103 e. The van der Waals surface area contributed by atoms with Crippen LogP contribution in [-0.2, 0) is 0 Å². The molecule has 15 heavy (non-hydrogen) atoms. The summed E-state index contributed by atoms with van der Waals surface area (Å²) in [6, 6.07) is 0.611. The van der Waals surface area contributed by atoms with Gasteiger partial charge in [-0.15, -0.1) is 11.8 Å². The van der Waals surface area contributed by atoms with Gasteiger partial charge in [0.15, 0.2) is 0 Å². The largest absolute Gasteiger partial charge is 0.317 e. The van der Waals surface area contributed by atoms with E-state index in [1.54, 1.807) is 0 Å². The number of rotatable bonds is 5. The van der Waals surface area contributed by atoms with Crippen molar-refractivity contribution in [1.82, 2.24) is 5.32 Å². The Hall–Kier alpha value is -0.480. The van der Waals surface area contributed by atoms with Gasteiger partial charge in [0.25, 0.3) is 0 Å². The van der Waals surface area contributed by atoms with Gasteiger partial charge in [-0.3, -0.25) is 0 Å². The third-order valence-corrected chi connectivity index (χ3v) is 3.32. The molecule has 2 atom stereocenters. The normalized spacial score (nSPS) is 15.3. The van der Waals surface area contributed by atoms with Gasteiger partial charge in [-0.1, -0.05) is 27.7 Å². The second-order valence-corrected chi connectivity index (χ2v) is 5.45. The van der Waals surface area contributed by atoms with E-state index in [0.717, 1.165) is 18.8 Å². The minimum absolute atomic E-state index is 0.408. The lowest BCUT2D eigenvalue weighted by molar-refractivity contribution is 0.222. The molecule has 0 aliphatic rings. The Labute approximate surface area is 96.0 Å². The van der Waals surface area contributed by atoms with Crippen molar-refractivity contribution in [2.45, 2.75) is 59.9 Å². The molecule has 0 bridgehead atoms. The predicted octanol–water partition coefficient (Wildman–Crippen LogP) is 3.45. The van der Waals surface area contributed by atoms with Crippen molar-refractivity contribution in [3.05, 3.63) is 0 Å². The average Bonchev–Trinajstić information content (AvgIpc) is 2.14. The van der Waals surface area contributed by atoms with Gasteiger partial charge >= 0.3 is 0 Å². The van der Waals surface area contributed by atoms with Gasteiger partial charge < -0.3 is 5.32 Å². The van der Waals surface area contributed by atoms with Crippen molar-refractivity contribution in [3.8, 4) is 11.8 Å². The highest BCUT2D eigenvalue weighted by atomic mass is 14.9. The van der Waals surface area contributed by atoms with E-state index in [2.05, 4.69) is 51.9 Å². The second kappa shape index (κ2) is 6.90. The Morgan fingerprint density at radius 1 is 1.27 bits per heavy atom. The number of hydrogen-bond acceptors (Lipinski definition) is 1. The Kier molecular flexibility index (Phi) is 6.68. The molecule has 0 saturated heterocycles. The van der Waals surface area contributed by atoms with E-state index >= 15 is 0 Å². The average molecular weight is 209 g/mol. The molecule has 1 nitrogen and oxygen atoms in total. The van der Waals surface area contributed by atoms with Crippen LogP contribution in [0, 0.1) is 23.2 Å². The molecule has 0 aliphatic carbocycles. The second-order valence-electron chi connectivity index (χ2n) is 5.45. The maximum atomic E-state index is 3.40. The first-order chi connectivity index (χ1) is 6.91. The maximum absolute atomic E-state index is 3.40. The molecule has 1 N–H and O–H groups in total. The van der Waals surface area contributed by atoms with E-state index in [9.17, 15) is 0 Å². The van der Waals surface area contributed by atoms with Gasteiger partial charge in [0.2, 0.25) is 0 Å². The third-order valence-electron chi connectivity index (χ3n) is 3.32. The van der Waals surface area contributed by atoms with E-state index in [-0.39, 0.29) is 0 Å². The first-order valence-corrected chi connectivity index (χ1v) is 5.98. The van der Waals surface area contributed by atoms with Crippen molar-refractivity contribution < 1.29 is 0 Å². The summed E-state index contributed by atoms with van der Waals surface area (Å²) < 4.78 is 0. The van der Waals surface area contributed by atoms with Crippen LogP contribution >= 0.6 is 0 Å². The fraction of sp³-hybridized carbons (Fsp3) is 0.857. The Morgan fingerprint density at radius 3 is 2.27 bits per heavy atom. The summed E-state index contributed by atoms with van der Waals surface area (Å²) in [5.74, 6) is 6.83. The summed E-state index contributed by atoms with van der Waals surface area (Å²) in [6.07, 6.45) is 3.42. The van der Waals surface area contributed by atoms with Crippen LogP contribution in [0.15, 0.2) is 0 Å². The van der Waals surface area contributed by atoms with E-state index in [1.807, 2.05) is 6.92 Å². The predicted molar refractivity (Wildman–Crippen MR) is 68.8 cm³/mol. The molecule has 0 fully saturated rings. The van der Waals surface area contributed by atoms with Crippen molar-refractivity contribution in [2.75, 3.05) is 7.05 Å². The van der Waals surface area contributed by atoms with Crippen LogP contribution in [0.5, 0.6) is 0 Å². The Bertz CT molecular complexity index is 214. The molecule has 1 heteroatoms. The summed E-state index contributed by atoms with van der Waals surface area (Å²) in [5, 5.41) is 3.40. The molecule has 0 saturated carbocycles. The Balaban J connectivity index is 4.02. The SMILES string of the molecule is CC#CCCC(CC(C)C(C)(C)C)NC. The van der Waals surface area contributed by atoms with E-state index in [0.29, 0.717) is 11.5 Å². The molecule has 0 rings (SSSR count). The highest BCUT2D eigenvalue weighted by Gasteiger charge is 2.22. The van der Waals surface area contributed by atoms with Crippen LogP contribution in [0.1, 0.15) is 53.9 Å². The standard InChI is InChI=1S/C14H27N/c1-7-8-9-10-13(15-6)11-12(2)14(3,4)5/h12-13,15H,9-11H2,1-6H3. The molecule has 0 spiro atoms. The molecule has 0 heterocycles. The van der Waals surface area contributed by atoms with Crippen LogP contribution in [0.2, 0.25) is 0 Å². The molecule has 0 radical (unpaired) electrons. The lowest BCUT2D eigenvalue weighted by atomic mass is 9.78. The van der Waals surface area contributed by atoms with Gasteiger partial charge in [0.1, 0.15) is 0 Å². The summed E-state index contributed by atoms with van der Waals surface area (Å²) >= 11 is 0. The van der Waals surface area contributed by atoms with E-state index in [4.69, 9.17) is 0 Å². The number of nitrogens with one attached hydrogen (secondary N) is 1. The fourth-order valence-corrected chi connectivity index (χ4v) is 1.53. The minimum Gasteiger partial charge on any atom is -0.317 e. The van der Waals surface area contributed by atoms with Crippen LogP contribution in [-0.4, -0.2) is 13.1 Å². The molecule has 0 aliphatic heterocycles. The van der Waals surface area contributed by atoms with Crippen LogP contribution < -0.4 is 5.32 Å². The zero-order chi connectivity index (χ0) is 11.9. The molecular weight excluding hydrogens is 182 g/mol. The molecular formula is C14H27N. The molecule has 0 aromatic heterocycles. The number of hydrogen-bond donors (Lipinski definition) is 1. The molecule has 88 valence electrons. The van der Waals surface area contributed by atoms with Crippen LogP contribution in [0.25, 0.3) is 0 Å². The monoisotopic (exact) mass is 209 g/mol. The van der Waals surface area contributed by atoms with Gasteiger partial charge in [0, 0.05) is 12.5 Å². The van der Waals surface area contributed by atoms with Crippen LogP contribution in [0.3, 0.4) is 0 Å². The third kappa shape index (κ3) is 6.57. The fourth-order valence-electron chi connectivity index (χ4n) is 1.53. The highest BCUT2D eigenvalue weighted by molar-refractivity contribution is 4.95. The zero-order valence-electron chi connectivity index (χ0n) is 11.3. The topological polar surface area (TPSA) is 12.0 Å². The van der Waals surface area contributed by atoms with Crippen LogP contribution in [0.4, 0.5) is 0 Å². The van der Waals surface area contributed by atoms with Crippen molar-refractivity contribution in [2.24, 2.45) is 11.3 Å². The lowest BCUT2D eigenvalue weighted by Gasteiger charge is -2.30. The van der Waals surface area contributed by atoms with E-state index in [1.165, 1.54) is 6.42 Å².